The third kappa shape index (κ3) is 3.12. The van der Waals surface area contributed by atoms with E-state index in [-0.39, 0.29) is 18.0 Å². The van der Waals surface area contributed by atoms with E-state index in [4.69, 9.17) is 5.73 Å². The van der Waals surface area contributed by atoms with Gasteiger partial charge in [-0.3, -0.25) is 4.79 Å². The SMILES string of the molecule is CC1CCN(C(=O)c2ccc(C#CCN)cc2F)C1. The zero-order valence-corrected chi connectivity index (χ0v) is 10.9. The molecule has 1 aromatic rings. The summed E-state index contributed by atoms with van der Waals surface area (Å²) < 4.78 is 13.9. The highest BCUT2D eigenvalue weighted by atomic mass is 19.1. The van der Waals surface area contributed by atoms with E-state index in [1.165, 1.54) is 12.1 Å². The van der Waals surface area contributed by atoms with Crippen molar-refractivity contribution in [2.24, 2.45) is 11.7 Å². The lowest BCUT2D eigenvalue weighted by Gasteiger charge is -2.16. The van der Waals surface area contributed by atoms with Gasteiger partial charge in [0, 0.05) is 18.7 Å². The highest BCUT2D eigenvalue weighted by Crippen LogP contribution is 2.19. The van der Waals surface area contributed by atoms with Crippen LogP contribution < -0.4 is 5.73 Å². The molecule has 0 saturated carbocycles. The van der Waals surface area contributed by atoms with Crippen molar-refractivity contribution >= 4 is 5.91 Å². The zero-order valence-electron chi connectivity index (χ0n) is 10.9. The molecular weight excluding hydrogens is 243 g/mol. The van der Waals surface area contributed by atoms with Crippen molar-refractivity contribution in [3.05, 3.63) is 35.1 Å². The normalized spacial score (nSPS) is 18.1. The highest BCUT2D eigenvalue weighted by molar-refractivity contribution is 5.94. The molecule has 0 aromatic heterocycles. The quantitative estimate of drug-likeness (QED) is 0.780. The van der Waals surface area contributed by atoms with Gasteiger partial charge in [0.2, 0.25) is 0 Å². The van der Waals surface area contributed by atoms with Gasteiger partial charge in [0.05, 0.1) is 12.1 Å². The average Bonchev–Trinajstić information content (AvgIpc) is 2.82. The first-order valence-electron chi connectivity index (χ1n) is 6.39. The van der Waals surface area contributed by atoms with Crippen molar-refractivity contribution in [3.63, 3.8) is 0 Å². The number of carbonyl (C=O) groups excluding carboxylic acids is 1. The Bertz CT molecular complexity index is 545. The Balaban J connectivity index is 2.19. The number of hydrogen-bond acceptors (Lipinski definition) is 2. The van der Waals surface area contributed by atoms with Crippen LogP contribution in [0.5, 0.6) is 0 Å². The van der Waals surface area contributed by atoms with Gasteiger partial charge in [-0.1, -0.05) is 18.8 Å². The van der Waals surface area contributed by atoms with Gasteiger partial charge in [-0.25, -0.2) is 4.39 Å². The number of benzene rings is 1. The molecule has 1 aliphatic rings. The van der Waals surface area contributed by atoms with E-state index in [1.54, 1.807) is 11.0 Å². The molecule has 19 heavy (non-hydrogen) atoms. The highest BCUT2D eigenvalue weighted by Gasteiger charge is 2.25. The Morgan fingerprint density at radius 1 is 1.58 bits per heavy atom. The Morgan fingerprint density at radius 2 is 2.37 bits per heavy atom. The van der Waals surface area contributed by atoms with Gasteiger partial charge in [-0.15, -0.1) is 0 Å². The summed E-state index contributed by atoms with van der Waals surface area (Å²) in [5.74, 6) is 5.14. The molecule has 1 aliphatic heterocycles. The van der Waals surface area contributed by atoms with E-state index in [2.05, 4.69) is 18.8 Å². The molecule has 1 atom stereocenters. The van der Waals surface area contributed by atoms with E-state index in [1.807, 2.05) is 0 Å². The van der Waals surface area contributed by atoms with Gasteiger partial charge in [-0.2, -0.15) is 0 Å². The summed E-state index contributed by atoms with van der Waals surface area (Å²) in [6.45, 7) is 3.73. The molecular formula is C15H17FN2O. The molecule has 1 fully saturated rings. The van der Waals surface area contributed by atoms with Crippen molar-refractivity contribution in [2.45, 2.75) is 13.3 Å². The predicted octanol–water partition coefficient (Wildman–Crippen LogP) is 1.62. The van der Waals surface area contributed by atoms with Crippen molar-refractivity contribution in [1.82, 2.24) is 4.90 Å². The maximum absolute atomic E-state index is 13.9. The molecule has 0 spiro atoms. The minimum atomic E-state index is -0.520. The molecule has 2 rings (SSSR count). The number of hydrogen-bond donors (Lipinski definition) is 1. The Hall–Kier alpha value is -1.86. The van der Waals surface area contributed by atoms with Gasteiger partial charge >= 0.3 is 0 Å². The lowest BCUT2D eigenvalue weighted by atomic mass is 10.1. The Kier molecular flexibility index (Phi) is 4.18. The predicted molar refractivity (Wildman–Crippen MR) is 72.0 cm³/mol. The second-order valence-corrected chi connectivity index (χ2v) is 4.85. The maximum Gasteiger partial charge on any atom is 0.256 e. The van der Waals surface area contributed by atoms with Crippen LogP contribution in [0.2, 0.25) is 0 Å². The minimum absolute atomic E-state index is 0.118. The smallest absolute Gasteiger partial charge is 0.256 e. The average molecular weight is 260 g/mol. The Morgan fingerprint density at radius 3 is 2.95 bits per heavy atom. The number of amides is 1. The molecule has 1 unspecified atom stereocenters. The number of carbonyl (C=O) groups is 1. The van der Waals surface area contributed by atoms with Crippen LogP contribution in [0.4, 0.5) is 4.39 Å². The zero-order chi connectivity index (χ0) is 13.8. The van der Waals surface area contributed by atoms with Crippen LogP contribution >= 0.6 is 0 Å². The van der Waals surface area contributed by atoms with Crippen molar-refractivity contribution < 1.29 is 9.18 Å². The second-order valence-electron chi connectivity index (χ2n) is 4.85. The van der Waals surface area contributed by atoms with Crippen LogP contribution in [0.25, 0.3) is 0 Å². The Labute approximate surface area is 112 Å². The van der Waals surface area contributed by atoms with E-state index in [0.29, 0.717) is 24.6 Å². The van der Waals surface area contributed by atoms with Gasteiger partial charge in [0.25, 0.3) is 5.91 Å². The number of likely N-dealkylation sites (tertiary alicyclic amines) is 1. The summed E-state index contributed by atoms with van der Waals surface area (Å²) in [6, 6.07) is 4.44. The summed E-state index contributed by atoms with van der Waals surface area (Å²) in [4.78, 5) is 13.9. The van der Waals surface area contributed by atoms with E-state index in [0.717, 1.165) is 6.42 Å². The lowest BCUT2D eigenvalue weighted by molar-refractivity contribution is 0.0783. The van der Waals surface area contributed by atoms with Gasteiger partial charge < -0.3 is 10.6 Å². The fourth-order valence-electron chi connectivity index (χ4n) is 2.21. The molecule has 1 heterocycles. The van der Waals surface area contributed by atoms with Crippen molar-refractivity contribution in [3.8, 4) is 11.8 Å². The number of nitrogens with two attached hydrogens (primary N) is 1. The van der Waals surface area contributed by atoms with E-state index in [9.17, 15) is 9.18 Å². The molecule has 0 aliphatic carbocycles. The topological polar surface area (TPSA) is 46.3 Å². The molecule has 0 bridgehead atoms. The number of halogens is 1. The van der Waals surface area contributed by atoms with Crippen LogP contribution in [0.15, 0.2) is 18.2 Å². The van der Waals surface area contributed by atoms with Crippen LogP contribution in [-0.4, -0.2) is 30.4 Å². The monoisotopic (exact) mass is 260 g/mol. The first-order chi connectivity index (χ1) is 9.11. The van der Waals surface area contributed by atoms with E-state index < -0.39 is 5.82 Å². The molecule has 0 radical (unpaired) electrons. The molecule has 3 nitrogen and oxygen atoms in total. The minimum Gasteiger partial charge on any atom is -0.338 e. The van der Waals surface area contributed by atoms with Crippen LogP contribution in [0.1, 0.15) is 29.3 Å². The lowest BCUT2D eigenvalue weighted by Crippen LogP contribution is -2.29. The standard InChI is InChI=1S/C15H17FN2O/c1-11-6-8-18(10-11)15(19)13-5-4-12(3-2-7-17)9-14(13)16/h4-5,9,11H,6-8,10,17H2,1H3. The van der Waals surface area contributed by atoms with Crippen molar-refractivity contribution in [1.29, 1.82) is 0 Å². The summed E-state index contributed by atoms with van der Waals surface area (Å²) >= 11 is 0. The van der Waals surface area contributed by atoms with Crippen LogP contribution in [0.3, 0.4) is 0 Å². The summed E-state index contributed by atoms with van der Waals surface area (Å²) in [7, 11) is 0. The van der Waals surface area contributed by atoms with Crippen LogP contribution in [-0.2, 0) is 0 Å². The largest absolute Gasteiger partial charge is 0.338 e. The van der Waals surface area contributed by atoms with Gasteiger partial charge in [-0.05, 0) is 30.5 Å². The second kappa shape index (κ2) is 5.85. The van der Waals surface area contributed by atoms with Gasteiger partial charge in [0.1, 0.15) is 5.82 Å². The fraction of sp³-hybridized carbons (Fsp3) is 0.400. The third-order valence-corrected chi connectivity index (χ3v) is 3.25. The molecule has 1 amide bonds. The molecule has 1 saturated heterocycles. The third-order valence-electron chi connectivity index (χ3n) is 3.25. The maximum atomic E-state index is 13.9. The summed E-state index contributed by atoms with van der Waals surface area (Å²) in [5.41, 5.74) is 5.91. The summed E-state index contributed by atoms with van der Waals surface area (Å²) in [5, 5.41) is 0. The molecule has 100 valence electrons. The first kappa shape index (κ1) is 13.6. The molecule has 4 heteroatoms. The molecule has 2 N–H and O–H groups in total. The molecule has 1 aromatic carbocycles. The van der Waals surface area contributed by atoms with Crippen molar-refractivity contribution in [2.75, 3.05) is 19.6 Å². The van der Waals surface area contributed by atoms with Crippen LogP contribution in [0, 0.1) is 23.6 Å². The van der Waals surface area contributed by atoms with Gasteiger partial charge in [0.15, 0.2) is 0 Å². The fourth-order valence-corrected chi connectivity index (χ4v) is 2.21. The van der Waals surface area contributed by atoms with E-state index >= 15 is 0 Å². The number of rotatable bonds is 1. The first-order valence-corrected chi connectivity index (χ1v) is 6.39. The summed E-state index contributed by atoms with van der Waals surface area (Å²) in [6.07, 6.45) is 0.980. The number of nitrogens with zero attached hydrogens (tertiary/aromatic N) is 1.